The molecule has 0 unspecified atom stereocenters. The fraction of sp³-hybridized carbons (Fsp3) is 0.333. The Morgan fingerprint density at radius 3 is 2.74 bits per heavy atom. The molecule has 3 rings (SSSR count). The first-order chi connectivity index (χ1) is 12.8. The summed E-state index contributed by atoms with van der Waals surface area (Å²) in [6.45, 7) is 5.26. The van der Waals surface area contributed by atoms with Crippen LogP contribution in [0, 0.1) is 6.92 Å². The summed E-state index contributed by atoms with van der Waals surface area (Å²) >= 11 is 1.09. The molecule has 0 spiro atoms. The molecular formula is C18H19N3O5S. The van der Waals surface area contributed by atoms with Gasteiger partial charge in [0.15, 0.2) is 11.9 Å². The molecule has 0 aromatic carbocycles. The molecule has 9 heteroatoms. The standard InChI is InChI=1S/C18H19N3O5S/c1-5-25-18(24)13-9(2)12-15(22)19-14(20-16(12)27-13)10(3)26-17(23)11-7-6-8-21(11)4/h6-8,10H,5H2,1-4H3,(H,19,20,22)/t10-/m1/s1. The van der Waals surface area contributed by atoms with E-state index < -0.39 is 18.0 Å². The number of aromatic nitrogens is 3. The van der Waals surface area contributed by atoms with Gasteiger partial charge in [-0.2, -0.15) is 0 Å². The zero-order valence-corrected chi connectivity index (χ0v) is 16.2. The quantitative estimate of drug-likeness (QED) is 0.673. The zero-order valence-electron chi connectivity index (χ0n) is 15.4. The van der Waals surface area contributed by atoms with E-state index in [1.165, 1.54) is 0 Å². The SMILES string of the molecule is CCOC(=O)c1sc2nc([C@@H](C)OC(=O)c3cccn3C)[nH]c(=O)c2c1C. The van der Waals surface area contributed by atoms with Crippen LogP contribution in [0.2, 0.25) is 0 Å². The Hall–Kier alpha value is -2.94. The summed E-state index contributed by atoms with van der Waals surface area (Å²) in [6.07, 6.45) is 0.969. The van der Waals surface area contributed by atoms with Crippen molar-refractivity contribution in [2.24, 2.45) is 7.05 Å². The van der Waals surface area contributed by atoms with Crippen LogP contribution in [-0.2, 0) is 16.5 Å². The van der Waals surface area contributed by atoms with Gasteiger partial charge in [-0.3, -0.25) is 4.79 Å². The fourth-order valence-electron chi connectivity index (χ4n) is 2.69. The molecule has 3 aromatic heterocycles. The van der Waals surface area contributed by atoms with Gasteiger partial charge in [-0.25, -0.2) is 14.6 Å². The number of carbonyl (C=O) groups is 2. The number of thiophene rings is 1. The van der Waals surface area contributed by atoms with Crippen molar-refractivity contribution in [1.82, 2.24) is 14.5 Å². The highest BCUT2D eigenvalue weighted by molar-refractivity contribution is 7.20. The number of fused-ring (bicyclic) bond motifs is 1. The number of esters is 2. The minimum Gasteiger partial charge on any atom is -0.462 e. The minimum atomic E-state index is -0.766. The van der Waals surface area contributed by atoms with Crippen LogP contribution >= 0.6 is 11.3 Å². The lowest BCUT2D eigenvalue weighted by Crippen LogP contribution is -2.18. The molecule has 0 bridgehead atoms. The van der Waals surface area contributed by atoms with Gasteiger partial charge in [0.2, 0.25) is 0 Å². The van der Waals surface area contributed by atoms with Gasteiger partial charge in [-0.15, -0.1) is 11.3 Å². The molecule has 1 atom stereocenters. The number of rotatable bonds is 5. The summed E-state index contributed by atoms with van der Waals surface area (Å²) in [5.41, 5.74) is 0.533. The van der Waals surface area contributed by atoms with Crippen LogP contribution in [0.1, 0.15) is 51.5 Å². The zero-order chi connectivity index (χ0) is 19.7. The van der Waals surface area contributed by atoms with E-state index in [1.807, 2.05) is 0 Å². The number of hydrogen-bond donors (Lipinski definition) is 1. The van der Waals surface area contributed by atoms with Crippen LogP contribution in [0.5, 0.6) is 0 Å². The molecule has 3 aromatic rings. The average molecular weight is 389 g/mol. The third-order valence-corrected chi connectivity index (χ3v) is 5.27. The highest BCUT2D eigenvalue weighted by atomic mass is 32.1. The Bertz CT molecular complexity index is 1080. The molecule has 1 N–H and O–H groups in total. The number of nitrogens with zero attached hydrogens (tertiary/aromatic N) is 2. The first-order valence-corrected chi connectivity index (χ1v) is 9.17. The maximum atomic E-state index is 12.5. The van der Waals surface area contributed by atoms with Crippen LogP contribution in [0.15, 0.2) is 23.1 Å². The molecule has 0 saturated heterocycles. The molecule has 0 aliphatic rings. The lowest BCUT2D eigenvalue weighted by molar-refractivity contribution is 0.0308. The molecule has 0 fully saturated rings. The first-order valence-electron chi connectivity index (χ1n) is 8.36. The lowest BCUT2D eigenvalue weighted by Gasteiger charge is -2.12. The third kappa shape index (κ3) is 3.50. The van der Waals surface area contributed by atoms with Crippen LogP contribution in [-0.4, -0.2) is 33.1 Å². The van der Waals surface area contributed by atoms with Crippen molar-refractivity contribution >= 4 is 33.5 Å². The average Bonchev–Trinajstić information content (AvgIpc) is 3.18. The Kier molecular flexibility index (Phi) is 5.13. The number of ether oxygens (including phenoxy) is 2. The summed E-state index contributed by atoms with van der Waals surface area (Å²) < 4.78 is 12.1. The number of nitrogens with one attached hydrogen (secondary N) is 1. The van der Waals surface area contributed by atoms with E-state index in [0.717, 1.165) is 11.3 Å². The molecule has 0 amide bonds. The van der Waals surface area contributed by atoms with Crippen LogP contribution < -0.4 is 5.56 Å². The van der Waals surface area contributed by atoms with Crippen molar-refractivity contribution in [3.8, 4) is 0 Å². The maximum Gasteiger partial charge on any atom is 0.355 e. The number of aryl methyl sites for hydroxylation is 2. The van der Waals surface area contributed by atoms with Crippen LogP contribution in [0.3, 0.4) is 0 Å². The second kappa shape index (κ2) is 7.36. The molecule has 0 aliphatic heterocycles. The van der Waals surface area contributed by atoms with Gasteiger partial charge >= 0.3 is 11.9 Å². The third-order valence-electron chi connectivity index (χ3n) is 4.10. The number of hydrogen-bond acceptors (Lipinski definition) is 7. The Balaban J connectivity index is 1.93. The maximum absolute atomic E-state index is 12.5. The summed E-state index contributed by atoms with van der Waals surface area (Å²) in [6, 6.07) is 3.38. The van der Waals surface area contributed by atoms with Gasteiger partial charge in [0, 0.05) is 13.2 Å². The molecule has 27 heavy (non-hydrogen) atoms. The monoisotopic (exact) mass is 389 g/mol. The van der Waals surface area contributed by atoms with Gasteiger partial charge < -0.3 is 19.0 Å². The second-order valence-corrected chi connectivity index (χ2v) is 6.96. The van der Waals surface area contributed by atoms with Gasteiger partial charge in [0.25, 0.3) is 5.56 Å². The molecule has 0 radical (unpaired) electrons. The number of H-pyrrole nitrogens is 1. The Labute approximate surface area is 158 Å². The highest BCUT2D eigenvalue weighted by Gasteiger charge is 2.23. The molecule has 142 valence electrons. The Morgan fingerprint density at radius 2 is 2.11 bits per heavy atom. The van der Waals surface area contributed by atoms with Crippen molar-refractivity contribution in [2.45, 2.75) is 26.9 Å². The van der Waals surface area contributed by atoms with E-state index in [2.05, 4.69) is 9.97 Å². The van der Waals surface area contributed by atoms with Crippen molar-refractivity contribution in [1.29, 1.82) is 0 Å². The van der Waals surface area contributed by atoms with E-state index in [0.29, 0.717) is 26.4 Å². The fourth-order valence-corrected chi connectivity index (χ4v) is 3.78. The van der Waals surface area contributed by atoms with Crippen molar-refractivity contribution in [3.05, 3.63) is 50.6 Å². The van der Waals surface area contributed by atoms with E-state index in [9.17, 15) is 14.4 Å². The molecule has 0 saturated carbocycles. The van der Waals surface area contributed by atoms with Gasteiger partial charge in [-0.05, 0) is 38.5 Å². The van der Waals surface area contributed by atoms with Crippen molar-refractivity contribution in [3.63, 3.8) is 0 Å². The highest BCUT2D eigenvalue weighted by Crippen LogP contribution is 2.28. The predicted octanol–water partition coefficient (Wildman–Crippen LogP) is 2.73. The topological polar surface area (TPSA) is 103 Å². The predicted molar refractivity (Wildman–Crippen MR) is 100 cm³/mol. The molecule has 3 heterocycles. The molecule has 8 nitrogen and oxygen atoms in total. The largest absolute Gasteiger partial charge is 0.462 e. The van der Waals surface area contributed by atoms with E-state index in [4.69, 9.17) is 9.47 Å². The van der Waals surface area contributed by atoms with Crippen LogP contribution in [0.25, 0.3) is 10.2 Å². The van der Waals surface area contributed by atoms with E-state index in [1.54, 1.807) is 50.7 Å². The second-order valence-electron chi connectivity index (χ2n) is 5.96. The summed E-state index contributed by atoms with van der Waals surface area (Å²) in [4.78, 5) is 44.6. The number of aromatic amines is 1. The lowest BCUT2D eigenvalue weighted by atomic mass is 10.2. The van der Waals surface area contributed by atoms with Gasteiger partial charge in [0.05, 0.1) is 12.0 Å². The molecule has 0 aliphatic carbocycles. The normalized spacial score (nSPS) is 12.1. The molecular weight excluding hydrogens is 370 g/mol. The van der Waals surface area contributed by atoms with E-state index in [-0.39, 0.29) is 18.0 Å². The van der Waals surface area contributed by atoms with E-state index >= 15 is 0 Å². The minimum absolute atomic E-state index is 0.215. The summed E-state index contributed by atoms with van der Waals surface area (Å²) in [5.74, 6) is -0.791. The van der Waals surface area contributed by atoms with Crippen molar-refractivity contribution < 1.29 is 19.1 Å². The number of carbonyl (C=O) groups excluding carboxylic acids is 2. The van der Waals surface area contributed by atoms with Gasteiger partial charge in [-0.1, -0.05) is 0 Å². The Morgan fingerprint density at radius 1 is 1.37 bits per heavy atom. The first kappa shape index (κ1) is 18.8. The van der Waals surface area contributed by atoms with Crippen molar-refractivity contribution in [2.75, 3.05) is 6.61 Å². The summed E-state index contributed by atoms with van der Waals surface area (Å²) in [5, 5.41) is 0.341. The smallest absolute Gasteiger partial charge is 0.355 e. The van der Waals surface area contributed by atoms with Crippen LogP contribution in [0.4, 0.5) is 0 Å². The van der Waals surface area contributed by atoms with Gasteiger partial charge in [0.1, 0.15) is 15.4 Å². The summed E-state index contributed by atoms with van der Waals surface area (Å²) in [7, 11) is 1.73.